The lowest BCUT2D eigenvalue weighted by molar-refractivity contribution is -0.141. The second kappa shape index (κ2) is 14.4. The highest BCUT2D eigenvalue weighted by molar-refractivity contribution is 7.85. The van der Waals surface area contributed by atoms with Gasteiger partial charge in [0.25, 0.3) is 5.91 Å². The highest BCUT2D eigenvalue weighted by Crippen LogP contribution is 2.54. The maximum Gasteiger partial charge on any atom is 0.407 e. The third-order valence-corrected chi connectivity index (χ3v) is 14.7. The summed E-state index contributed by atoms with van der Waals surface area (Å²) in [5, 5.41) is 6.81. The van der Waals surface area contributed by atoms with Crippen molar-refractivity contribution in [1.29, 1.82) is 0 Å². The summed E-state index contributed by atoms with van der Waals surface area (Å²) in [5.41, 5.74) is 0.142. The average molecular weight is 818 g/mol. The monoisotopic (exact) mass is 817 g/mol. The van der Waals surface area contributed by atoms with E-state index in [0.29, 0.717) is 49.4 Å². The SMILES string of the molecule is CC(C)(C)COC(=O)N[C@H]1CCCCC/C=C\[C@@H]2C[C@@]2(C(=O)NS(=O)C2(C)CC2)NC(=O)[C@@H]2C[C@]3(CCc4c(c(C5CC5)nc5ccc6c(c45)OCO6)O3)CN2C1=O. The molecule has 0 bridgehead atoms. The van der Waals surface area contributed by atoms with Gasteiger partial charge in [-0.2, -0.15) is 0 Å². The van der Waals surface area contributed by atoms with Crippen LogP contribution in [0.25, 0.3) is 10.9 Å². The van der Waals surface area contributed by atoms with Gasteiger partial charge in [-0.25, -0.2) is 14.0 Å². The van der Waals surface area contributed by atoms with Crippen LogP contribution < -0.4 is 29.6 Å². The van der Waals surface area contributed by atoms with E-state index in [2.05, 4.69) is 15.4 Å². The van der Waals surface area contributed by atoms with E-state index >= 15 is 0 Å². The first-order valence-electron chi connectivity index (χ1n) is 21.1. The molecule has 1 saturated heterocycles. The molecule has 4 aliphatic heterocycles. The van der Waals surface area contributed by atoms with Crippen LogP contribution in [0, 0.1) is 11.3 Å². The van der Waals surface area contributed by atoms with Gasteiger partial charge in [-0.15, -0.1) is 0 Å². The summed E-state index contributed by atoms with van der Waals surface area (Å²) in [7, 11) is -1.60. The molecule has 3 N–H and O–H groups in total. The van der Waals surface area contributed by atoms with Crippen LogP contribution >= 0.6 is 0 Å². The zero-order valence-electron chi connectivity index (χ0n) is 33.9. The Kier molecular flexibility index (Phi) is 9.71. The van der Waals surface area contributed by atoms with Gasteiger partial charge in [-0.3, -0.25) is 19.1 Å². The van der Waals surface area contributed by atoms with Crippen molar-refractivity contribution >= 4 is 45.7 Å². The van der Waals surface area contributed by atoms with Gasteiger partial charge in [0.1, 0.15) is 40.0 Å². The van der Waals surface area contributed by atoms with Crippen molar-refractivity contribution in [2.24, 2.45) is 11.3 Å². The van der Waals surface area contributed by atoms with Crippen LogP contribution in [0.2, 0.25) is 0 Å². The fourth-order valence-electron chi connectivity index (χ4n) is 8.99. The summed E-state index contributed by atoms with van der Waals surface area (Å²) in [6.45, 7) is 8.15. The zero-order chi connectivity index (χ0) is 40.6. The molecule has 9 rings (SSSR count). The van der Waals surface area contributed by atoms with Crippen LogP contribution in [-0.4, -0.2) is 85.8 Å². The number of allylic oxidation sites excluding steroid dienone is 1. The highest BCUT2D eigenvalue weighted by atomic mass is 32.2. The lowest BCUT2D eigenvalue weighted by atomic mass is 9.86. The predicted molar refractivity (Wildman–Crippen MR) is 214 cm³/mol. The van der Waals surface area contributed by atoms with Crippen LogP contribution in [0.5, 0.6) is 17.2 Å². The molecule has 4 amide bonds. The summed E-state index contributed by atoms with van der Waals surface area (Å²) < 4.78 is 39.9. The van der Waals surface area contributed by atoms with E-state index in [4.69, 9.17) is 23.9 Å². The number of carbonyl (C=O) groups is 4. The third-order valence-electron chi connectivity index (χ3n) is 13.0. The smallest absolute Gasteiger partial charge is 0.407 e. The topological polar surface area (TPSA) is 174 Å². The zero-order valence-corrected chi connectivity index (χ0v) is 34.7. The quantitative estimate of drug-likeness (QED) is 0.322. The number of nitrogens with zero attached hydrogens (tertiary/aromatic N) is 2. The van der Waals surface area contributed by atoms with E-state index in [1.54, 1.807) is 4.90 Å². The first-order chi connectivity index (χ1) is 27.7. The third kappa shape index (κ3) is 7.40. The Morgan fingerprint density at radius 1 is 1.05 bits per heavy atom. The number of fused-ring (bicyclic) bond motifs is 7. The Bertz CT molecular complexity index is 2110. The first-order valence-corrected chi connectivity index (χ1v) is 22.2. The number of aryl methyl sites for hydroxylation is 1. The molecule has 3 aliphatic carbocycles. The maximum absolute atomic E-state index is 14.9. The van der Waals surface area contributed by atoms with E-state index in [-0.39, 0.29) is 43.6 Å². The molecule has 6 atom stereocenters. The molecule has 14 nitrogen and oxygen atoms in total. The Balaban J connectivity index is 1.06. The van der Waals surface area contributed by atoms with E-state index in [1.165, 1.54) is 0 Å². The molecule has 1 unspecified atom stereocenters. The highest BCUT2D eigenvalue weighted by Gasteiger charge is 2.63. The van der Waals surface area contributed by atoms with Crippen LogP contribution in [0.1, 0.15) is 122 Å². The molecule has 15 heteroatoms. The van der Waals surface area contributed by atoms with Crippen molar-refractivity contribution in [3.63, 3.8) is 0 Å². The summed E-state index contributed by atoms with van der Waals surface area (Å²) in [6, 6.07) is 1.88. The Morgan fingerprint density at radius 3 is 2.62 bits per heavy atom. The van der Waals surface area contributed by atoms with Crippen molar-refractivity contribution in [1.82, 2.24) is 25.2 Å². The van der Waals surface area contributed by atoms with Crippen LogP contribution in [-0.2, 0) is 36.5 Å². The maximum atomic E-state index is 14.9. The predicted octanol–water partition coefficient (Wildman–Crippen LogP) is 5.37. The van der Waals surface area contributed by atoms with Gasteiger partial charge in [0, 0.05) is 23.8 Å². The van der Waals surface area contributed by atoms with Crippen molar-refractivity contribution in [3.8, 4) is 17.2 Å². The molecule has 312 valence electrons. The number of pyridine rings is 1. The number of nitrogens with one attached hydrogen (secondary N) is 3. The number of hydrogen-bond acceptors (Lipinski definition) is 10. The minimum atomic E-state index is -1.60. The molecule has 1 aromatic heterocycles. The number of benzene rings is 1. The van der Waals surface area contributed by atoms with Gasteiger partial charge in [-0.05, 0) is 88.7 Å². The Morgan fingerprint density at radius 2 is 1.86 bits per heavy atom. The van der Waals surface area contributed by atoms with E-state index in [1.807, 2.05) is 52.0 Å². The fourth-order valence-corrected chi connectivity index (χ4v) is 10.1. The summed E-state index contributed by atoms with van der Waals surface area (Å²) in [5.74, 6) is 0.576. The molecular weight excluding hydrogens is 763 g/mol. The molecule has 0 radical (unpaired) electrons. The average Bonchev–Trinajstić information content (AvgIpc) is 4.15. The minimum absolute atomic E-state index is 0.0954. The van der Waals surface area contributed by atoms with Gasteiger partial charge < -0.3 is 34.5 Å². The van der Waals surface area contributed by atoms with Crippen LogP contribution in [0.15, 0.2) is 24.3 Å². The number of rotatable bonds is 6. The van der Waals surface area contributed by atoms with Crippen molar-refractivity contribution in [2.45, 2.75) is 145 Å². The Hall–Kier alpha value is -4.40. The van der Waals surface area contributed by atoms with Gasteiger partial charge in [-0.1, -0.05) is 45.8 Å². The molecule has 3 saturated carbocycles. The lowest BCUT2D eigenvalue weighted by Gasteiger charge is -2.37. The van der Waals surface area contributed by atoms with Crippen molar-refractivity contribution in [2.75, 3.05) is 19.9 Å². The Labute approximate surface area is 341 Å². The standard InChI is InChI=1S/C43H55N5O9S/c1-40(2,3)23-54-39(52)45-29-11-9-7-5-6-8-10-26-20-43(26,38(51)47-58(53)41(4)18-19-41)46-36(49)30-21-42(22-48(30)37(29)50)17-16-27-32-28(14-15-31-35(32)56-24-55-31)44-33(25-12-13-25)34(27)57-42/h8,10,14-15,25-26,29-30H,5-7,9,11-13,16-24H2,1-4H3,(H,45,52)(H,46,49)(H,47,51)/b10-8-/t26-,29+,30+,42-,43-,58?/m1/s1. The van der Waals surface area contributed by atoms with Gasteiger partial charge >= 0.3 is 6.09 Å². The molecule has 4 fully saturated rings. The summed E-state index contributed by atoms with van der Waals surface area (Å²) in [6.07, 6.45) is 11.9. The molecule has 1 aromatic carbocycles. The number of ether oxygens (including phenoxy) is 4. The molecule has 2 aromatic rings. The normalized spacial score (nSPS) is 31.0. The molecule has 1 spiro atoms. The molecule has 7 aliphatic rings. The lowest BCUT2D eigenvalue weighted by Crippen LogP contribution is -2.58. The number of amides is 4. The largest absolute Gasteiger partial charge is 0.483 e. The van der Waals surface area contributed by atoms with E-state index < -0.39 is 62.8 Å². The van der Waals surface area contributed by atoms with Crippen molar-refractivity contribution in [3.05, 3.63) is 35.5 Å². The second-order valence-electron chi connectivity index (χ2n) is 19.1. The van der Waals surface area contributed by atoms with E-state index in [0.717, 1.165) is 67.1 Å². The van der Waals surface area contributed by atoms with Gasteiger partial charge in [0.05, 0.1) is 34.5 Å². The van der Waals surface area contributed by atoms with Gasteiger partial charge in [0.2, 0.25) is 18.6 Å². The minimum Gasteiger partial charge on any atom is -0.483 e. The van der Waals surface area contributed by atoms with Gasteiger partial charge in [0.15, 0.2) is 11.5 Å². The summed E-state index contributed by atoms with van der Waals surface area (Å²) in [4.78, 5) is 63.7. The number of hydrogen-bond donors (Lipinski definition) is 3. The number of carbonyl (C=O) groups excluding carboxylic acids is 4. The van der Waals surface area contributed by atoms with E-state index in [9.17, 15) is 23.4 Å². The second-order valence-corrected chi connectivity index (χ2v) is 20.8. The number of alkyl carbamates (subject to hydrolysis) is 1. The van der Waals surface area contributed by atoms with Crippen LogP contribution in [0.4, 0.5) is 4.79 Å². The van der Waals surface area contributed by atoms with Crippen molar-refractivity contribution < 1.29 is 42.3 Å². The summed E-state index contributed by atoms with van der Waals surface area (Å²) >= 11 is 0. The fraction of sp³-hybridized carbons (Fsp3) is 0.651. The van der Waals surface area contributed by atoms with Crippen LogP contribution in [0.3, 0.4) is 0 Å². The number of aromatic nitrogens is 1. The first kappa shape index (κ1) is 39.1. The molecule has 58 heavy (non-hydrogen) atoms. The molecule has 5 heterocycles. The molecular formula is C43H55N5O9S.